The van der Waals surface area contributed by atoms with Crippen molar-refractivity contribution in [3.8, 4) is 23.1 Å². The second-order valence-corrected chi connectivity index (χ2v) is 5.79. The fourth-order valence-electron chi connectivity index (χ4n) is 2.06. The first-order chi connectivity index (χ1) is 12.2. The Morgan fingerprint density at radius 1 is 1.32 bits per heavy atom. The summed E-state index contributed by atoms with van der Waals surface area (Å²) in [5, 5.41) is 10.1. The minimum absolute atomic E-state index is 0.149. The van der Waals surface area contributed by atoms with Gasteiger partial charge in [-0.05, 0) is 24.3 Å². The maximum absolute atomic E-state index is 12.2. The molecule has 1 amide bonds. The summed E-state index contributed by atoms with van der Waals surface area (Å²) in [6, 6.07) is 8.72. The third-order valence-electron chi connectivity index (χ3n) is 3.23. The van der Waals surface area contributed by atoms with Gasteiger partial charge in [0, 0.05) is 6.07 Å². The number of aromatic amines is 1. The van der Waals surface area contributed by atoms with Crippen molar-refractivity contribution in [2.45, 2.75) is 5.16 Å². The first kappa shape index (κ1) is 16.9. The lowest BCUT2D eigenvalue weighted by Gasteiger charge is -2.11. The molecule has 0 bridgehead atoms. The highest BCUT2D eigenvalue weighted by molar-refractivity contribution is 7.99. The molecule has 9 heteroatoms. The number of amides is 1. The van der Waals surface area contributed by atoms with Crippen molar-refractivity contribution >= 4 is 23.4 Å². The number of nitrogens with one attached hydrogen (secondary N) is 2. The minimum Gasteiger partial charge on any atom is -0.497 e. The number of rotatable bonds is 7. The summed E-state index contributed by atoms with van der Waals surface area (Å²) in [5.74, 6) is 2.22. The van der Waals surface area contributed by atoms with Crippen LogP contribution in [0.3, 0.4) is 0 Å². The molecule has 0 unspecified atom stereocenters. The monoisotopic (exact) mass is 360 g/mol. The number of methoxy groups -OCH3 is 2. The van der Waals surface area contributed by atoms with Crippen LogP contribution in [0.15, 0.2) is 46.2 Å². The predicted molar refractivity (Wildman–Crippen MR) is 93.0 cm³/mol. The van der Waals surface area contributed by atoms with Crippen LogP contribution < -0.4 is 14.8 Å². The first-order valence-electron chi connectivity index (χ1n) is 7.30. The number of benzene rings is 1. The molecule has 3 rings (SSSR count). The topological polar surface area (TPSA) is 102 Å². The van der Waals surface area contributed by atoms with Gasteiger partial charge in [0.05, 0.1) is 31.9 Å². The maximum Gasteiger partial charge on any atom is 0.234 e. The Kier molecular flexibility index (Phi) is 5.24. The number of aromatic nitrogens is 3. The fourth-order valence-corrected chi connectivity index (χ4v) is 2.66. The van der Waals surface area contributed by atoms with Crippen molar-refractivity contribution in [1.29, 1.82) is 0 Å². The molecule has 8 nitrogen and oxygen atoms in total. The van der Waals surface area contributed by atoms with Gasteiger partial charge >= 0.3 is 0 Å². The van der Waals surface area contributed by atoms with Crippen molar-refractivity contribution in [2.24, 2.45) is 0 Å². The molecule has 0 aliphatic heterocycles. The van der Waals surface area contributed by atoms with E-state index in [1.165, 1.54) is 18.9 Å². The maximum atomic E-state index is 12.2. The molecule has 2 aromatic heterocycles. The smallest absolute Gasteiger partial charge is 0.234 e. The highest BCUT2D eigenvalue weighted by Crippen LogP contribution is 2.29. The van der Waals surface area contributed by atoms with Crippen LogP contribution in [0.4, 0.5) is 5.69 Å². The molecule has 0 fully saturated rings. The van der Waals surface area contributed by atoms with Crippen molar-refractivity contribution in [2.75, 3.05) is 25.3 Å². The number of carbonyl (C=O) groups excluding carboxylic acids is 1. The third-order valence-corrected chi connectivity index (χ3v) is 4.08. The van der Waals surface area contributed by atoms with E-state index in [1.807, 2.05) is 0 Å². The number of thioether (sulfide) groups is 1. The molecule has 2 N–H and O–H groups in total. The van der Waals surface area contributed by atoms with Crippen LogP contribution in [-0.4, -0.2) is 41.1 Å². The highest BCUT2D eigenvalue weighted by Gasteiger charge is 2.12. The van der Waals surface area contributed by atoms with Crippen LogP contribution in [0.5, 0.6) is 11.5 Å². The Labute approximate surface area is 147 Å². The first-order valence-corrected chi connectivity index (χ1v) is 8.29. The SMILES string of the molecule is COc1ccc(OC)c(NC(=O)CSc2n[nH]c(-c3ccco3)n2)c1. The summed E-state index contributed by atoms with van der Waals surface area (Å²) < 4.78 is 15.6. The molecule has 1 aromatic carbocycles. The predicted octanol–water partition coefficient (Wildman–Crippen LogP) is 2.81. The Morgan fingerprint density at radius 2 is 2.20 bits per heavy atom. The Hall–Kier alpha value is -2.94. The zero-order valence-corrected chi connectivity index (χ0v) is 14.4. The van der Waals surface area contributed by atoms with Crippen LogP contribution in [0.1, 0.15) is 0 Å². The molecule has 3 aromatic rings. The third kappa shape index (κ3) is 4.13. The van der Waals surface area contributed by atoms with E-state index in [9.17, 15) is 4.79 Å². The summed E-state index contributed by atoms with van der Waals surface area (Å²) in [5.41, 5.74) is 0.540. The van der Waals surface area contributed by atoms with Gasteiger partial charge in [0.2, 0.25) is 11.1 Å². The fraction of sp³-hybridized carbons (Fsp3) is 0.188. The van der Waals surface area contributed by atoms with Gasteiger partial charge in [-0.2, -0.15) is 4.98 Å². The summed E-state index contributed by atoms with van der Waals surface area (Å²) >= 11 is 1.21. The van der Waals surface area contributed by atoms with Crippen LogP contribution in [-0.2, 0) is 4.79 Å². The second-order valence-electron chi connectivity index (χ2n) is 4.85. The molecule has 130 valence electrons. The average molecular weight is 360 g/mol. The quantitative estimate of drug-likeness (QED) is 0.625. The molecule has 2 heterocycles. The molecule has 0 atom stereocenters. The Bertz CT molecular complexity index is 848. The van der Waals surface area contributed by atoms with Gasteiger partial charge in [-0.25, -0.2) is 0 Å². The van der Waals surface area contributed by atoms with Gasteiger partial charge < -0.3 is 19.2 Å². The lowest BCUT2D eigenvalue weighted by atomic mass is 10.2. The van der Waals surface area contributed by atoms with Gasteiger partial charge in [0.1, 0.15) is 11.5 Å². The summed E-state index contributed by atoms with van der Waals surface area (Å²) in [6.45, 7) is 0. The Morgan fingerprint density at radius 3 is 2.92 bits per heavy atom. The number of nitrogens with zero attached hydrogens (tertiary/aromatic N) is 2. The van der Waals surface area contributed by atoms with Gasteiger partial charge in [0.15, 0.2) is 11.6 Å². The van der Waals surface area contributed by atoms with E-state index in [0.717, 1.165) is 0 Å². The largest absolute Gasteiger partial charge is 0.497 e. The lowest BCUT2D eigenvalue weighted by Crippen LogP contribution is -2.15. The molecule has 0 aliphatic carbocycles. The van der Waals surface area contributed by atoms with Crippen LogP contribution in [0.2, 0.25) is 0 Å². The van der Waals surface area contributed by atoms with E-state index in [2.05, 4.69) is 20.5 Å². The van der Waals surface area contributed by atoms with E-state index in [-0.39, 0.29) is 11.7 Å². The van der Waals surface area contributed by atoms with E-state index in [4.69, 9.17) is 13.9 Å². The summed E-state index contributed by atoms with van der Waals surface area (Å²) in [4.78, 5) is 16.4. The highest BCUT2D eigenvalue weighted by atomic mass is 32.2. The number of hydrogen-bond acceptors (Lipinski definition) is 7. The van der Waals surface area contributed by atoms with Gasteiger partial charge in [-0.1, -0.05) is 11.8 Å². The molecule has 0 aliphatic rings. The molecular weight excluding hydrogens is 344 g/mol. The second kappa shape index (κ2) is 7.75. The number of furan rings is 1. The van der Waals surface area contributed by atoms with E-state index in [1.54, 1.807) is 43.7 Å². The number of hydrogen-bond donors (Lipinski definition) is 2. The van der Waals surface area contributed by atoms with E-state index < -0.39 is 0 Å². The average Bonchev–Trinajstić information content (AvgIpc) is 3.31. The number of H-pyrrole nitrogens is 1. The minimum atomic E-state index is -0.207. The zero-order chi connectivity index (χ0) is 17.6. The number of anilines is 1. The number of ether oxygens (including phenoxy) is 2. The van der Waals surface area contributed by atoms with E-state index in [0.29, 0.717) is 33.9 Å². The van der Waals surface area contributed by atoms with Crippen LogP contribution in [0, 0.1) is 0 Å². The zero-order valence-electron chi connectivity index (χ0n) is 13.6. The molecular formula is C16H16N4O4S. The molecule has 25 heavy (non-hydrogen) atoms. The van der Waals surface area contributed by atoms with Crippen molar-refractivity contribution in [3.05, 3.63) is 36.6 Å². The lowest BCUT2D eigenvalue weighted by molar-refractivity contribution is -0.113. The number of carbonyl (C=O) groups is 1. The Balaban J connectivity index is 1.60. The summed E-state index contributed by atoms with van der Waals surface area (Å²) in [7, 11) is 3.10. The van der Waals surface area contributed by atoms with Crippen molar-refractivity contribution in [1.82, 2.24) is 15.2 Å². The van der Waals surface area contributed by atoms with Gasteiger partial charge in [-0.15, -0.1) is 5.10 Å². The van der Waals surface area contributed by atoms with Gasteiger partial charge in [0.25, 0.3) is 0 Å². The normalized spacial score (nSPS) is 10.5. The van der Waals surface area contributed by atoms with E-state index >= 15 is 0 Å². The van der Waals surface area contributed by atoms with Crippen LogP contribution >= 0.6 is 11.8 Å². The van der Waals surface area contributed by atoms with Gasteiger partial charge in [-0.3, -0.25) is 9.89 Å². The van der Waals surface area contributed by atoms with Crippen molar-refractivity contribution < 1.29 is 18.7 Å². The van der Waals surface area contributed by atoms with Crippen molar-refractivity contribution in [3.63, 3.8) is 0 Å². The molecule has 0 saturated heterocycles. The molecule has 0 radical (unpaired) electrons. The molecule has 0 spiro atoms. The summed E-state index contributed by atoms with van der Waals surface area (Å²) in [6.07, 6.45) is 1.56. The van der Waals surface area contributed by atoms with Crippen LogP contribution in [0.25, 0.3) is 11.6 Å². The molecule has 0 saturated carbocycles. The standard InChI is InChI=1S/C16H16N4O4S/c1-22-10-5-6-12(23-2)11(8-10)17-14(21)9-25-16-18-15(19-20-16)13-4-3-7-24-13/h3-8H,9H2,1-2H3,(H,17,21)(H,18,19,20).